The number of ether oxygens (including phenoxy) is 1. The number of carbonyl (C=O) groups excluding carboxylic acids is 1. The van der Waals surface area contributed by atoms with Crippen LogP contribution in [0.15, 0.2) is 24.3 Å². The second kappa shape index (κ2) is 6.20. The molecular weight excluding hydrogens is 238 g/mol. The molecule has 0 saturated carbocycles. The Morgan fingerprint density at radius 3 is 2.84 bits per heavy atom. The van der Waals surface area contributed by atoms with Crippen LogP contribution in [0.2, 0.25) is 0 Å². The van der Waals surface area contributed by atoms with Crippen LogP contribution in [0.3, 0.4) is 0 Å². The lowest BCUT2D eigenvalue weighted by Gasteiger charge is -2.28. The van der Waals surface area contributed by atoms with Gasteiger partial charge in [-0.1, -0.05) is 31.5 Å². The van der Waals surface area contributed by atoms with Crippen LogP contribution in [0.4, 0.5) is 0 Å². The molecule has 0 bridgehead atoms. The van der Waals surface area contributed by atoms with Crippen molar-refractivity contribution in [2.24, 2.45) is 0 Å². The Balaban J connectivity index is 2.15. The van der Waals surface area contributed by atoms with Crippen LogP contribution in [0.25, 0.3) is 0 Å². The van der Waals surface area contributed by atoms with E-state index in [4.69, 9.17) is 4.74 Å². The summed E-state index contributed by atoms with van der Waals surface area (Å²) >= 11 is 0. The molecule has 3 heteroatoms. The molecule has 1 atom stereocenters. The van der Waals surface area contributed by atoms with E-state index in [0.29, 0.717) is 12.2 Å². The van der Waals surface area contributed by atoms with Crippen molar-refractivity contribution >= 4 is 5.78 Å². The van der Waals surface area contributed by atoms with E-state index < -0.39 is 0 Å². The molecule has 0 radical (unpaired) electrons. The van der Waals surface area contributed by atoms with E-state index in [-0.39, 0.29) is 5.54 Å². The maximum atomic E-state index is 12.7. The Bertz CT molecular complexity index is 436. The fourth-order valence-electron chi connectivity index (χ4n) is 3.01. The predicted octanol–water partition coefficient (Wildman–Crippen LogP) is 2.73. The van der Waals surface area contributed by atoms with Crippen LogP contribution in [-0.4, -0.2) is 25.0 Å². The average Bonchev–Trinajstić information content (AvgIpc) is 2.90. The molecule has 2 rings (SSSR count). The monoisotopic (exact) mass is 261 g/mol. The van der Waals surface area contributed by atoms with Gasteiger partial charge in [-0.15, -0.1) is 0 Å². The number of para-hydroxylation sites is 1. The van der Waals surface area contributed by atoms with Crippen LogP contribution in [-0.2, 0) is 11.2 Å². The van der Waals surface area contributed by atoms with E-state index in [1.165, 1.54) is 0 Å². The molecule has 0 amide bonds. The lowest BCUT2D eigenvalue weighted by Crippen LogP contribution is -2.48. The third-order valence-electron chi connectivity index (χ3n) is 4.00. The van der Waals surface area contributed by atoms with Crippen molar-refractivity contribution in [3.05, 3.63) is 29.8 Å². The number of rotatable bonds is 6. The maximum absolute atomic E-state index is 12.7. The molecule has 19 heavy (non-hydrogen) atoms. The largest absolute Gasteiger partial charge is 0.496 e. The van der Waals surface area contributed by atoms with Crippen molar-refractivity contribution < 1.29 is 9.53 Å². The Labute approximate surface area is 115 Å². The summed E-state index contributed by atoms with van der Waals surface area (Å²) in [6, 6.07) is 7.78. The number of nitrogens with one attached hydrogen (secondary N) is 1. The van der Waals surface area contributed by atoms with Gasteiger partial charge in [0.1, 0.15) is 5.75 Å². The van der Waals surface area contributed by atoms with Crippen molar-refractivity contribution in [1.29, 1.82) is 0 Å². The van der Waals surface area contributed by atoms with E-state index in [1.54, 1.807) is 7.11 Å². The summed E-state index contributed by atoms with van der Waals surface area (Å²) in [6.07, 6.45) is 4.48. The van der Waals surface area contributed by atoms with Gasteiger partial charge in [0.05, 0.1) is 12.6 Å². The minimum Gasteiger partial charge on any atom is -0.496 e. The van der Waals surface area contributed by atoms with Crippen LogP contribution in [0.1, 0.15) is 38.2 Å². The maximum Gasteiger partial charge on any atom is 0.157 e. The summed E-state index contributed by atoms with van der Waals surface area (Å²) in [5.74, 6) is 1.11. The van der Waals surface area contributed by atoms with E-state index in [2.05, 4.69) is 12.2 Å². The van der Waals surface area contributed by atoms with Crippen LogP contribution in [0.5, 0.6) is 5.75 Å². The van der Waals surface area contributed by atoms with Gasteiger partial charge in [0.2, 0.25) is 0 Å². The summed E-state index contributed by atoms with van der Waals surface area (Å²) in [4.78, 5) is 12.7. The zero-order chi connectivity index (χ0) is 13.7. The van der Waals surface area contributed by atoms with E-state index in [1.807, 2.05) is 24.3 Å². The van der Waals surface area contributed by atoms with Crippen LogP contribution < -0.4 is 10.1 Å². The summed E-state index contributed by atoms with van der Waals surface area (Å²) < 4.78 is 5.33. The Hall–Kier alpha value is -1.35. The standard InChI is InChI=1S/C16H23NO2/c1-3-9-16(10-6-11-17-16)15(18)12-13-7-4-5-8-14(13)19-2/h4-5,7-8,17H,3,6,9-12H2,1-2H3. The summed E-state index contributed by atoms with van der Waals surface area (Å²) in [5, 5.41) is 3.44. The summed E-state index contributed by atoms with van der Waals surface area (Å²) in [7, 11) is 1.65. The molecular formula is C16H23NO2. The Morgan fingerprint density at radius 1 is 1.42 bits per heavy atom. The van der Waals surface area contributed by atoms with E-state index in [0.717, 1.165) is 43.5 Å². The SMILES string of the molecule is CCCC1(C(=O)Cc2ccccc2OC)CCCN1. The third kappa shape index (κ3) is 2.98. The van der Waals surface area contributed by atoms with Crippen molar-refractivity contribution in [1.82, 2.24) is 5.32 Å². The normalized spacial score (nSPS) is 22.4. The van der Waals surface area contributed by atoms with Crippen molar-refractivity contribution in [2.75, 3.05) is 13.7 Å². The fourth-order valence-corrected chi connectivity index (χ4v) is 3.01. The molecule has 1 heterocycles. The predicted molar refractivity (Wildman–Crippen MR) is 76.6 cm³/mol. The first-order chi connectivity index (χ1) is 9.22. The Morgan fingerprint density at radius 2 is 2.21 bits per heavy atom. The molecule has 3 nitrogen and oxygen atoms in total. The number of hydrogen-bond acceptors (Lipinski definition) is 3. The first-order valence-corrected chi connectivity index (χ1v) is 7.12. The van der Waals surface area contributed by atoms with Crippen molar-refractivity contribution in [3.63, 3.8) is 0 Å². The number of benzene rings is 1. The molecule has 1 N–H and O–H groups in total. The zero-order valence-corrected chi connectivity index (χ0v) is 11.9. The number of ketones is 1. The van der Waals surface area contributed by atoms with Gasteiger partial charge in [-0.2, -0.15) is 0 Å². The highest BCUT2D eigenvalue weighted by atomic mass is 16.5. The molecule has 1 saturated heterocycles. The molecule has 1 aliphatic rings. The minimum absolute atomic E-state index is 0.296. The highest BCUT2D eigenvalue weighted by molar-refractivity contribution is 5.91. The molecule has 104 valence electrons. The molecule has 1 aromatic carbocycles. The van der Waals surface area contributed by atoms with Gasteiger partial charge in [-0.05, 0) is 31.9 Å². The smallest absolute Gasteiger partial charge is 0.157 e. The molecule has 0 spiro atoms. The molecule has 1 unspecified atom stereocenters. The lowest BCUT2D eigenvalue weighted by molar-refractivity contribution is -0.124. The summed E-state index contributed by atoms with van der Waals surface area (Å²) in [5.41, 5.74) is 0.689. The van der Waals surface area contributed by atoms with Gasteiger partial charge >= 0.3 is 0 Å². The molecule has 1 fully saturated rings. The number of methoxy groups -OCH3 is 1. The van der Waals surface area contributed by atoms with Gasteiger partial charge < -0.3 is 10.1 Å². The zero-order valence-electron chi connectivity index (χ0n) is 11.9. The van der Waals surface area contributed by atoms with Gasteiger partial charge in [0, 0.05) is 12.0 Å². The minimum atomic E-state index is -0.296. The second-order valence-electron chi connectivity index (χ2n) is 5.27. The van der Waals surface area contributed by atoms with E-state index >= 15 is 0 Å². The number of hydrogen-bond donors (Lipinski definition) is 1. The fraction of sp³-hybridized carbons (Fsp3) is 0.562. The van der Waals surface area contributed by atoms with Gasteiger partial charge in [-0.25, -0.2) is 0 Å². The quantitative estimate of drug-likeness (QED) is 0.855. The van der Waals surface area contributed by atoms with Crippen molar-refractivity contribution in [2.45, 2.75) is 44.6 Å². The van der Waals surface area contributed by atoms with Crippen LogP contribution >= 0.6 is 0 Å². The first kappa shape index (κ1) is 14.1. The van der Waals surface area contributed by atoms with Crippen molar-refractivity contribution in [3.8, 4) is 5.75 Å². The molecule has 1 aromatic rings. The summed E-state index contributed by atoms with van der Waals surface area (Å²) in [6.45, 7) is 3.09. The van der Waals surface area contributed by atoms with Gasteiger partial charge in [0.15, 0.2) is 5.78 Å². The second-order valence-corrected chi connectivity index (χ2v) is 5.27. The molecule has 0 aliphatic carbocycles. The number of carbonyl (C=O) groups is 1. The highest BCUT2D eigenvalue weighted by Crippen LogP contribution is 2.28. The molecule has 1 aliphatic heterocycles. The van der Waals surface area contributed by atoms with Gasteiger partial charge in [-0.3, -0.25) is 4.79 Å². The van der Waals surface area contributed by atoms with E-state index in [9.17, 15) is 4.79 Å². The van der Waals surface area contributed by atoms with Gasteiger partial charge in [0.25, 0.3) is 0 Å². The molecule has 0 aromatic heterocycles. The lowest BCUT2D eigenvalue weighted by atomic mass is 9.84. The average molecular weight is 261 g/mol. The third-order valence-corrected chi connectivity index (χ3v) is 4.00. The Kier molecular flexibility index (Phi) is 4.59. The first-order valence-electron chi connectivity index (χ1n) is 7.12. The highest BCUT2D eigenvalue weighted by Gasteiger charge is 2.39. The van der Waals surface area contributed by atoms with Crippen LogP contribution in [0, 0.1) is 0 Å². The topological polar surface area (TPSA) is 38.3 Å². The number of Topliss-reactive ketones (excluding diaryl/α,β-unsaturated/α-hetero) is 1.